The van der Waals surface area contributed by atoms with E-state index < -0.39 is 35.8 Å². The van der Waals surface area contributed by atoms with Crippen molar-refractivity contribution in [3.8, 4) is 5.88 Å². The van der Waals surface area contributed by atoms with Gasteiger partial charge in [0.15, 0.2) is 0 Å². The average Bonchev–Trinajstić information content (AvgIpc) is 3.06. The van der Waals surface area contributed by atoms with Crippen LogP contribution in [0, 0.1) is 0 Å². The van der Waals surface area contributed by atoms with Crippen LogP contribution in [0.2, 0.25) is 5.02 Å². The molecule has 9 nitrogen and oxygen atoms in total. The second kappa shape index (κ2) is 15.2. The minimum Gasteiger partial charge on any atom is -0.481 e. The maximum atomic E-state index is 14.0. The molecule has 47 heavy (non-hydrogen) atoms. The molecule has 2 atom stereocenters. The Morgan fingerprint density at radius 2 is 1.94 bits per heavy atom. The first-order chi connectivity index (χ1) is 22.7. The topological polar surface area (TPSA) is 109 Å². The molecule has 0 saturated carbocycles. The van der Waals surface area contributed by atoms with E-state index in [0.29, 0.717) is 46.4 Å². The lowest BCUT2D eigenvalue weighted by Crippen LogP contribution is -2.62. The summed E-state index contributed by atoms with van der Waals surface area (Å²) in [7, 11) is 3.04. The van der Waals surface area contributed by atoms with Crippen LogP contribution in [0.1, 0.15) is 38.4 Å². The number of pyridine rings is 2. The van der Waals surface area contributed by atoms with Gasteiger partial charge in [-0.2, -0.15) is 0 Å². The van der Waals surface area contributed by atoms with E-state index in [-0.39, 0.29) is 31.9 Å². The van der Waals surface area contributed by atoms with Gasteiger partial charge >= 0.3 is 0 Å². The normalized spacial score (nSPS) is 20.4. The summed E-state index contributed by atoms with van der Waals surface area (Å²) in [5.41, 5.74) is 1.38. The molecule has 1 aliphatic heterocycles. The van der Waals surface area contributed by atoms with Crippen molar-refractivity contribution in [3.63, 3.8) is 0 Å². The predicted molar refractivity (Wildman–Crippen MR) is 177 cm³/mol. The number of β-amino-alcohol motifs (C(OH)–C–C–N with tert-alkyl or cyclic N) is 1. The molecule has 1 aromatic carbocycles. The maximum Gasteiger partial charge on any atom is 0.270 e. The lowest BCUT2D eigenvalue weighted by Gasteiger charge is -2.45. The molecule has 3 aromatic rings. The zero-order chi connectivity index (χ0) is 33.6. The quantitative estimate of drug-likeness (QED) is 0.165. The molecule has 2 unspecified atom stereocenters. The number of benzene rings is 1. The summed E-state index contributed by atoms with van der Waals surface area (Å²) < 4.78 is 36.9. The Labute approximate surface area is 282 Å². The molecule has 3 N–H and O–H groups in total. The van der Waals surface area contributed by atoms with E-state index in [9.17, 15) is 18.7 Å². The molecule has 13 heteroatoms. The number of alkyl halides is 3. The third kappa shape index (κ3) is 7.51. The molecule has 2 aliphatic rings. The van der Waals surface area contributed by atoms with Crippen LogP contribution >= 0.6 is 23.2 Å². The largest absolute Gasteiger partial charge is 0.481 e. The lowest BCUT2D eigenvalue weighted by atomic mass is 9.80. The highest BCUT2D eigenvalue weighted by Crippen LogP contribution is 2.43. The molecule has 0 spiro atoms. The third-order valence-corrected chi connectivity index (χ3v) is 9.16. The minimum absolute atomic E-state index is 0.124. The van der Waals surface area contributed by atoms with Crippen LogP contribution in [0.15, 0.2) is 66.9 Å². The smallest absolute Gasteiger partial charge is 0.270 e. The summed E-state index contributed by atoms with van der Waals surface area (Å²) in [6.07, 6.45) is 6.98. The van der Waals surface area contributed by atoms with Crippen molar-refractivity contribution in [2.75, 3.05) is 47.2 Å². The molecule has 5 rings (SSSR count). The van der Waals surface area contributed by atoms with Gasteiger partial charge in [0.2, 0.25) is 5.88 Å². The summed E-state index contributed by atoms with van der Waals surface area (Å²) in [4.78, 5) is 25.2. The number of amides is 1. The Morgan fingerprint density at radius 1 is 1.15 bits per heavy atom. The van der Waals surface area contributed by atoms with Crippen LogP contribution in [0.3, 0.4) is 0 Å². The molecule has 3 heterocycles. The lowest BCUT2D eigenvalue weighted by molar-refractivity contribution is -0.113. The van der Waals surface area contributed by atoms with Gasteiger partial charge in [-0.15, -0.1) is 11.6 Å². The van der Waals surface area contributed by atoms with Gasteiger partial charge in [0.25, 0.3) is 5.91 Å². The fourth-order valence-corrected chi connectivity index (χ4v) is 6.56. The molecule has 1 amide bonds. The molecule has 1 saturated heterocycles. The van der Waals surface area contributed by atoms with Crippen molar-refractivity contribution in [1.29, 1.82) is 0 Å². The second-order valence-corrected chi connectivity index (χ2v) is 12.5. The Hall–Kier alpha value is -3.45. The number of nitrogens with zero attached hydrogens (tertiary/aromatic N) is 3. The molecular formula is C34H37Cl2F2N5O4. The van der Waals surface area contributed by atoms with Crippen molar-refractivity contribution in [3.05, 3.63) is 106 Å². The first-order valence-corrected chi connectivity index (χ1v) is 15.9. The van der Waals surface area contributed by atoms with Crippen LogP contribution in [-0.2, 0) is 30.0 Å². The number of likely N-dealkylation sites (tertiary alicyclic amines) is 1. The number of halogens is 4. The van der Waals surface area contributed by atoms with Crippen molar-refractivity contribution in [2.45, 2.75) is 36.2 Å². The fourth-order valence-electron chi connectivity index (χ4n) is 5.88. The van der Waals surface area contributed by atoms with Gasteiger partial charge in [-0.3, -0.25) is 14.7 Å². The highest BCUT2D eigenvalue weighted by molar-refractivity contribution is 6.34. The third-order valence-electron chi connectivity index (χ3n) is 8.25. The van der Waals surface area contributed by atoms with Crippen molar-refractivity contribution in [1.82, 2.24) is 25.5 Å². The van der Waals surface area contributed by atoms with Crippen LogP contribution in [-0.4, -0.2) is 84.1 Å². The van der Waals surface area contributed by atoms with Gasteiger partial charge in [-0.25, -0.2) is 13.8 Å². The number of hydrogen-bond acceptors (Lipinski definition) is 8. The zero-order valence-corrected chi connectivity index (χ0v) is 27.6. The van der Waals surface area contributed by atoms with E-state index in [1.807, 2.05) is 35.2 Å². The zero-order valence-electron chi connectivity index (χ0n) is 26.1. The molecular weight excluding hydrogens is 651 g/mol. The van der Waals surface area contributed by atoms with Gasteiger partial charge in [0.1, 0.15) is 30.2 Å². The summed E-state index contributed by atoms with van der Waals surface area (Å²) in [6.45, 7) is 0.208. The number of carbonyl (C=O) groups is 1. The van der Waals surface area contributed by atoms with Crippen molar-refractivity contribution < 1.29 is 28.2 Å². The predicted octanol–water partition coefficient (Wildman–Crippen LogP) is 4.75. The van der Waals surface area contributed by atoms with E-state index >= 15 is 0 Å². The average molecular weight is 689 g/mol. The monoisotopic (exact) mass is 687 g/mol. The Balaban J connectivity index is 1.52. The number of allylic oxidation sites excluding steroid dienone is 2. The minimum atomic E-state index is -1.39. The van der Waals surface area contributed by atoms with Crippen molar-refractivity contribution >= 4 is 34.7 Å². The highest BCUT2D eigenvalue weighted by Gasteiger charge is 2.45. The second-order valence-electron chi connectivity index (χ2n) is 11.7. The number of aromatic nitrogens is 2. The summed E-state index contributed by atoms with van der Waals surface area (Å²) in [5, 5.41) is 15.9. The van der Waals surface area contributed by atoms with Gasteiger partial charge in [-0.1, -0.05) is 54.1 Å². The van der Waals surface area contributed by atoms with Gasteiger partial charge in [-0.05, 0) is 40.5 Å². The summed E-state index contributed by atoms with van der Waals surface area (Å²) in [6, 6.07) is 12.5. The van der Waals surface area contributed by atoms with Crippen molar-refractivity contribution in [2.24, 2.45) is 0 Å². The Kier molecular flexibility index (Phi) is 11.3. The number of aliphatic hydroxyl groups is 1. The Bertz CT molecular complexity index is 1650. The SMILES string of the molecule is COCc1cc(C(=O)NC2(c3ccc(CN4CC(O)(CF)C4)c(OC)n3)C=CC=C(c3ccccc3Cl)C2Cl)ncc1CNCCF. The van der Waals surface area contributed by atoms with E-state index in [1.165, 1.54) is 7.11 Å². The number of hydrogen-bond donors (Lipinski definition) is 3. The molecule has 2 aromatic heterocycles. The van der Waals surface area contributed by atoms with Crippen LogP contribution in [0.5, 0.6) is 5.88 Å². The maximum absolute atomic E-state index is 14.0. The molecule has 0 bridgehead atoms. The van der Waals surface area contributed by atoms with Crippen LogP contribution < -0.4 is 15.4 Å². The summed E-state index contributed by atoms with van der Waals surface area (Å²) in [5.74, 6) is -0.221. The standard InChI is InChI=1S/C34H37Cl2F2N5O4/c1-46-18-23-14-28(40-16-24(23)15-39-13-12-37)31(44)42-34(11-5-7-26(30(34)36)25-6-3-4-8-27(25)35)29-10-9-22(32(41-29)47-2)17-43-20-33(45,19-38)21-43/h3-11,14,16,30,39,45H,12-13,15,17-21H2,1-2H3,(H,42,44). The molecule has 0 radical (unpaired) electrons. The Morgan fingerprint density at radius 3 is 2.64 bits per heavy atom. The fraction of sp³-hybridized carbons (Fsp3) is 0.382. The van der Waals surface area contributed by atoms with Gasteiger partial charge in [0.05, 0.1) is 24.8 Å². The molecule has 1 aliphatic carbocycles. The van der Waals surface area contributed by atoms with E-state index in [0.717, 1.165) is 11.1 Å². The number of nitrogens with one attached hydrogen (secondary N) is 2. The van der Waals surface area contributed by atoms with Gasteiger partial charge in [0, 0.05) is 56.6 Å². The number of methoxy groups -OCH3 is 2. The summed E-state index contributed by atoms with van der Waals surface area (Å²) >= 11 is 13.9. The van der Waals surface area contributed by atoms with E-state index in [1.54, 1.807) is 43.7 Å². The highest BCUT2D eigenvalue weighted by atomic mass is 35.5. The van der Waals surface area contributed by atoms with E-state index in [2.05, 4.69) is 15.6 Å². The van der Waals surface area contributed by atoms with E-state index in [4.69, 9.17) is 37.7 Å². The molecule has 1 fully saturated rings. The molecule has 250 valence electrons. The number of carbonyl (C=O) groups excluding carboxylic acids is 1. The number of ether oxygens (including phenoxy) is 2. The van der Waals surface area contributed by atoms with Crippen LogP contribution in [0.4, 0.5) is 8.78 Å². The number of rotatable bonds is 14. The first kappa shape index (κ1) is 34.9. The first-order valence-electron chi connectivity index (χ1n) is 15.1. The van der Waals surface area contributed by atoms with Crippen LogP contribution in [0.25, 0.3) is 5.57 Å². The van der Waals surface area contributed by atoms with Gasteiger partial charge < -0.3 is 25.2 Å².